The van der Waals surface area contributed by atoms with Gasteiger partial charge in [-0.15, -0.1) is 11.8 Å². The number of thioether (sulfide) groups is 1. The molecule has 4 unspecified atom stereocenters. The largest absolute Gasteiger partial charge is 0.453 e. The van der Waals surface area contributed by atoms with Crippen LogP contribution < -0.4 is 10.6 Å². The molecule has 2 saturated heterocycles. The van der Waals surface area contributed by atoms with E-state index in [9.17, 15) is 19.2 Å². The molecule has 2 aliphatic heterocycles. The number of carbonyl (C=O) groups excluding carboxylic acids is 4. The SMILES string of the molecule is COC(=O)NC(C(=O)N1CCCC1c1nc2ccc(-c3ccc(-c4ccc5nc(C6(SC)CCCN6C(=O)C([SiH3])(NC(=O)OC)C(C)(C)C)[nH]c5c4)cc3)cc2[nH]1)C(C)(C)C. The van der Waals surface area contributed by atoms with Crippen LogP contribution in [0.5, 0.6) is 0 Å². The number of methoxy groups -OCH3 is 2. The summed E-state index contributed by atoms with van der Waals surface area (Å²) in [5.74, 6) is 1.18. The van der Waals surface area contributed by atoms with Gasteiger partial charge in [0.05, 0.1) is 42.3 Å². The number of fused-ring (bicyclic) bond motifs is 2. The highest BCUT2D eigenvalue weighted by molar-refractivity contribution is 7.99. The summed E-state index contributed by atoms with van der Waals surface area (Å²) in [4.78, 5) is 73.1. The number of rotatable bonds is 9. The van der Waals surface area contributed by atoms with Crippen LogP contribution in [0.2, 0.25) is 0 Å². The Morgan fingerprint density at radius 1 is 0.820 bits per heavy atom. The van der Waals surface area contributed by atoms with Crippen LogP contribution in [0.3, 0.4) is 0 Å². The fourth-order valence-electron chi connectivity index (χ4n) is 8.60. The van der Waals surface area contributed by atoms with Gasteiger partial charge in [0, 0.05) is 23.3 Å². The fraction of sp³-hybridized carbons (Fsp3) is 0.467. The average Bonchev–Trinajstić information content (AvgIpc) is 4.06. The Morgan fingerprint density at radius 3 is 1.95 bits per heavy atom. The van der Waals surface area contributed by atoms with E-state index in [4.69, 9.17) is 19.4 Å². The molecule has 5 aromatic rings. The number of aromatic amines is 2. The minimum absolute atomic E-state index is 0.120. The molecule has 2 aliphatic rings. The molecule has 61 heavy (non-hydrogen) atoms. The van der Waals surface area contributed by atoms with Gasteiger partial charge in [-0.3, -0.25) is 9.59 Å². The van der Waals surface area contributed by atoms with Crippen molar-refractivity contribution in [1.82, 2.24) is 40.4 Å². The third-order valence-electron chi connectivity index (χ3n) is 12.7. The Balaban J connectivity index is 1.11. The molecule has 0 spiro atoms. The van der Waals surface area contributed by atoms with E-state index < -0.39 is 39.1 Å². The number of hydrogen-bond donors (Lipinski definition) is 4. The maximum absolute atomic E-state index is 14.5. The highest BCUT2D eigenvalue weighted by Gasteiger charge is 2.55. The molecule has 7 rings (SSSR count). The van der Waals surface area contributed by atoms with Crippen LogP contribution in [0.25, 0.3) is 44.3 Å². The molecule has 2 aromatic heterocycles. The first kappa shape index (κ1) is 43.7. The van der Waals surface area contributed by atoms with Crippen molar-refractivity contribution in [3.05, 3.63) is 72.3 Å². The number of carbonyl (C=O) groups is 4. The Hall–Kier alpha value is -5.35. The van der Waals surface area contributed by atoms with Crippen LogP contribution in [-0.2, 0) is 23.9 Å². The second-order valence-corrected chi connectivity index (χ2v) is 21.0. The first-order valence-electron chi connectivity index (χ1n) is 20.8. The van der Waals surface area contributed by atoms with Crippen molar-refractivity contribution in [2.75, 3.05) is 33.6 Å². The number of aromatic nitrogens is 4. The molecule has 2 fully saturated rings. The van der Waals surface area contributed by atoms with E-state index in [0.29, 0.717) is 23.3 Å². The van der Waals surface area contributed by atoms with Gasteiger partial charge in [0.2, 0.25) is 11.8 Å². The Bertz CT molecular complexity index is 2470. The topological polar surface area (TPSA) is 175 Å². The maximum Gasteiger partial charge on any atom is 0.407 e. The monoisotopic (exact) mass is 866 g/mol. The lowest BCUT2D eigenvalue weighted by Crippen LogP contribution is -2.68. The lowest BCUT2D eigenvalue weighted by molar-refractivity contribution is -0.140. The number of H-pyrrole nitrogens is 2. The van der Waals surface area contributed by atoms with Crippen molar-refractivity contribution in [3.63, 3.8) is 0 Å². The van der Waals surface area contributed by atoms with Gasteiger partial charge in [-0.2, -0.15) is 0 Å². The molecule has 14 nitrogen and oxygen atoms in total. The quantitative estimate of drug-likeness (QED) is 0.116. The van der Waals surface area contributed by atoms with E-state index in [0.717, 1.165) is 81.7 Å². The maximum atomic E-state index is 14.5. The second-order valence-electron chi connectivity index (χ2n) is 18.4. The molecule has 4 heterocycles. The van der Waals surface area contributed by atoms with Gasteiger partial charge in [-0.1, -0.05) is 77.9 Å². The minimum atomic E-state index is -1.09. The van der Waals surface area contributed by atoms with E-state index in [2.05, 4.69) is 69.1 Å². The van der Waals surface area contributed by atoms with Crippen molar-refractivity contribution in [2.24, 2.45) is 10.8 Å². The number of alkyl carbamates (subject to hydrolysis) is 2. The molecule has 0 aliphatic carbocycles. The van der Waals surface area contributed by atoms with Crippen molar-refractivity contribution in [2.45, 2.75) is 89.3 Å². The molecule has 4 amide bonds. The lowest BCUT2D eigenvalue weighted by Gasteiger charge is -2.46. The van der Waals surface area contributed by atoms with Gasteiger partial charge < -0.3 is 39.9 Å². The number of nitrogens with one attached hydrogen (secondary N) is 4. The van der Waals surface area contributed by atoms with Gasteiger partial charge >= 0.3 is 12.2 Å². The summed E-state index contributed by atoms with van der Waals surface area (Å²) >= 11 is 1.59. The average molecular weight is 867 g/mol. The van der Waals surface area contributed by atoms with E-state index in [1.54, 1.807) is 11.8 Å². The van der Waals surface area contributed by atoms with Crippen molar-refractivity contribution >= 4 is 68.1 Å². The third kappa shape index (κ3) is 8.11. The molecular weight excluding hydrogens is 809 g/mol. The summed E-state index contributed by atoms with van der Waals surface area (Å²) in [6.45, 7) is 12.8. The molecular formula is C45H58N8O6SSi. The number of nitrogens with zero attached hydrogens (tertiary/aromatic N) is 4. The molecule has 0 bridgehead atoms. The van der Waals surface area contributed by atoms with Crippen LogP contribution in [0.15, 0.2) is 60.7 Å². The van der Waals surface area contributed by atoms with Crippen molar-refractivity contribution in [1.29, 1.82) is 0 Å². The second kappa shape index (κ2) is 16.5. The molecule has 16 heteroatoms. The summed E-state index contributed by atoms with van der Waals surface area (Å²) in [5.41, 5.74) is 6.47. The van der Waals surface area contributed by atoms with Gasteiger partial charge in [-0.05, 0) is 89.3 Å². The van der Waals surface area contributed by atoms with Crippen LogP contribution in [-0.4, -0.2) is 109 Å². The molecule has 4 N–H and O–H groups in total. The Kier molecular flexibility index (Phi) is 11.8. The predicted octanol–water partition coefficient (Wildman–Crippen LogP) is 6.81. The van der Waals surface area contributed by atoms with Crippen LogP contribution >= 0.6 is 11.8 Å². The van der Waals surface area contributed by atoms with E-state index >= 15 is 0 Å². The lowest BCUT2D eigenvalue weighted by atomic mass is 9.84. The van der Waals surface area contributed by atoms with Crippen molar-refractivity contribution in [3.8, 4) is 22.3 Å². The van der Waals surface area contributed by atoms with Crippen LogP contribution in [0.4, 0.5) is 9.59 Å². The zero-order valence-electron chi connectivity index (χ0n) is 36.8. The molecule has 0 saturated carbocycles. The van der Waals surface area contributed by atoms with Gasteiger partial charge in [0.25, 0.3) is 0 Å². The summed E-state index contributed by atoms with van der Waals surface area (Å²) in [6.07, 6.45) is 3.91. The standard InChI is InChI=1S/C45H58N8O6SSi/c1-42(2,3)35(50-40(56)58-7)37(54)52-22-10-12-34(52)36-46-30-19-17-28(24-32(30)47-36)26-13-15-27(16-14-26)29-18-20-31-33(25-29)49-38(48-31)44(60-9)21-11-23-53(44)39(55)45(61,43(4,5)6)51-41(57)59-8/h13-20,24-25,34-35H,10-12,21-23H2,1-9,61H3,(H,46,47)(H,48,49)(H,50,56)(H,51,57). The number of hydrogen-bond acceptors (Lipinski definition) is 9. The molecule has 3 aromatic carbocycles. The van der Waals surface area contributed by atoms with Crippen LogP contribution in [0.1, 0.15) is 84.9 Å². The zero-order valence-corrected chi connectivity index (χ0v) is 39.6. The number of benzene rings is 3. The Morgan fingerprint density at radius 2 is 1.39 bits per heavy atom. The smallest absolute Gasteiger partial charge is 0.407 e. The summed E-state index contributed by atoms with van der Waals surface area (Å²) in [6, 6.07) is 19.8. The zero-order chi connectivity index (χ0) is 44.1. The van der Waals surface area contributed by atoms with Gasteiger partial charge in [-0.25, -0.2) is 19.6 Å². The van der Waals surface area contributed by atoms with E-state index in [1.807, 2.05) is 69.7 Å². The summed E-state index contributed by atoms with van der Waals surface area (Å²) in [5, 5.41) is 4.58. The number of likely N-dealkylation sites (tertiary alicyclic amines) is 2. The molecule has 324 valence electrons. The van der Waals surface area contributed by atoms with E-state index in [-0.39, 0.29) is 17.9 Å². The molecule has 4 atom stereocenters. The number of ether oxygens (including phenoxy) is 2. The fourth-order valence-corrected chi connectivity index (χ4v) is 10.1. The van der Waals surface area contributed by atoms with Crippen molar-refractivity contribution < 1.29 is 28.7 Å². The number of imidazole rings is 2. The van der Waals surface area contributed by atoms with Gasteiger partial charge in [0.15, 0.2) is 0 Å². The summed E-state index contributed by atoms with van der Waals surface area (Å²) in [7, 11) is 2.99. The first-order chi connectivity index (χ1) is 28.8. The normalized spacial score (nSPS) is 19.9. The molecule has 0 radical (unpaired) electrons. The Labute approximate surface area is 364 Å². The number of amides is 4. The predicted molar refractivity (Wildman–Crippen MR) is 243 cm³/mol. The minimum Gasteiger partial charge on any atom is -0.453 e. The highest BCUT2D eigenvalue weighted by atomic mass is 32.2. The first-order valence-corrected chi connectivity index (χ1v) is 23.0. The highest BCUT2D eigenvalue weighted by Crippen LogP contribution is 2.48. The van der Waals surface area contributed by atoms with Crippen LogP contribution in [0, 0.1) is 10.8 Å². The van der Waals surface area contributed by atoms with E-state index in [1.165, 1.54) is 14.2 Å². The summed E-state index contributed by atoms with van der Waals surface area (Å²) < 4.78 is 9.78. The van der Waals surface area contributed by atoms with Gasteiger partial charge in [0.1, 0.15) is 27.7 Å². The third-order valence-corrected chi connectivity index (χ3v) is 16.2.